The van der Waals surface area contributed by atoms with Crippen molar-refractivity contribution in [1.82, 2.24) is 19.4 Å². The minimum Gasteiger partial charge on any atom is -0.348 e. The first kappa shape index (κ1) is 26.6. The lowest BCUT2D eigenvalue weighted by Gasteiger charge is -2.33. The van der Waals surface area contributed by atoms with E-state index in [1.54, 1.807) is 0 Å². The van der Waals surface area contributed by atoms with Crippen molar-refractivity contribution >= 4 is 15.9 Å². The lowest BCUT2D eigenvalue weighted by Crippen LogP contribution is -2.47. The molecule has 2 aliphatic rings. The van der Waals surface area contributed by atoms with E-state index < -0.39 is 10.0 Å². The Morgan fingerprint density at radius 1 is 0.763 bits per heavy atom. The molecule has 0 saturated carbocycles. The standard InChI is InChI=1S/C30H36N4O3S/c1-38(36,37)34-17-15-32(16-18-34)21-24-9-11-28(12-10-24)30(35)31-20-25-5-4-6-26(19-25)22-33-14-13-27-7-2-3-8-29(27)23-33/h2-12,19H,13-18,20-23H2,1H3,(H,31,35). The van der Waals surface area contributed by atoms with Gasteiger partial charge in [0.1, 0.15) is 0 Å². The summed E-state index contributed by atoms with van der Waals surface area (Å²) in [5, 5.41) is 3.05. The van der Waals surface area contributed by atoms with Gasteiger partial charge in [0.25, 0.3) is 5.91 Å². The molecule has 0 bridgehead atoms. The molecule has 2 heterocycles. The summed E-state index contributed by atoms with van der Waals surface area (Å²) >= 11 is 0. The van der Waals surface area contributed by atoms with Crippen molar-refractivity contribution in [3.63, 3.8) is 0 Å². The van der Waals surface area contributed by atoms with Crippen LogP contribution < -0.4 is 5.32 Å². The summed E-state index contributed by atoms with van der Waals surface area (Å²) in [6.45, 7) is 6.63. The van der Waals surface area contributed by atoms with Crippen molar-refractivity contribution in [2.24, 2.45) is 0 Å². The van der Waals surface area contributed by atoms with Gasteiger partial charge < -0.3 is 5.32 Å². The number of carbonyl (C=O) groups is 1. The van der Waals surface area contributed by atoms with Gasteiger partial charge >= 0.3 is 0 Å². The highest BCUT2D eigenvalue weighted by Crippen LogP contribution is 2.20. The molecule has 0 radical (unpaired) electrons. The molecular formula is C30H36N4O3S. The molecule has 1 fully saturated rings. The molecule has 0 aliphatic carbocycles. The van der Waals surface area contributed by atoms with Crippen LogP contribution in [0.5, 0.6) is 0 Å². The number of hydrogen-bond donors (Lipinski definition) is 1. The van der Waals surface area contributed by atoms with Crippen molar-refractivity contribution < 1.29 is 13.2 Å². The number of nitrogens with one attached hydrogen (secondary N) is 1. The van der Waals surface area contributed by atoms with Crippen molar-refractivity contribution in [2.45, 2.75) is 32.6 Å². The smallest absolute Gasteiger partial charge is 0.251 e. The highest BCUT2D eigenvalue weighted by molar-refractivity contribution is 7.88. The fraction of sp³-hybridized carbons (Fsp3) is 0.367. The first-order chi connectivity index (χ1) is 18.3. The number of piperazine rings is 1. The molecule has 1 saturated heterocycles. The Morgan fingerprint density at radius 2 is 1.45 bits per heavy atom. The SMILES string of the molecule is CS(=O)(=O)N1CCN(Cc2ccc(C(=O)NCc3cccc(CN4CCc5ccccc5C4)c3)cc2)CC1. The van der Waals surface area contributed by atoms with E-state index in [0.717, 1.165) is 43.7 Å². The van der Waals surface area contributed by atoms with E-state index >= 15 is 0 Å². The van der Waals surface area contributed by atoms with Gasteiger partial charge in [0.15, 0.2) is 0 Å². The summed E-state index contributed by atoms with van der Waals surface area (Å²) in [7, 11) is -3.12. The van der Waals surface area contributed by atoms with Gasteiger partial charge in [0.05, 0.1) is 6.26 Å². The number of sulfonamides is 1. The monoisotopic (exact) mass is 532 g/mol. The fourth-order valence-electron chi connectivity index (χ4n) is 5.31. The normalized spacial score (nSPS) is 17.2. The van der Waals surface area contributed by atoms with Gasteiger partial charge in [-0.2, -0.15) is 4.31 Å². The molecule has 0 aromatic heterocycles. The molecule has 200 valence electrons. The average molecular weight is 533 g/mol. The number of benzene rings is 3. The third-order valence-corrected chi connectivity index (χ3v) is 8.79. The molecule has 38 heavy (non-hydrogen) atoms. The quantitative estimate of drug-likeness (QED) is 0.482. The van der Waals surface area contributed by atoms with Crippen LogP contribution in [0.3, 0.4) is 0 Å². The zero-order valence-electron chi connectivity index (χ0n) is 22.0. The van der Waals surface area contributed by atoms with Crippen molar-refractivity contribution in [3.05, 3.63) is 106 Å². The third kappa shape index (κ3) is 6.88. The van der Waals surface area contributed by atoms with E-state index in [0.29, 0.717) is 38.3 Å². The Balaban J connectivity index is 1.10. The van der Waals surface area contributed by atoms with Crippen LogP contribution in [0.1, 0.15) is 38.2 Å². The van der Waals surface area contributed by atoms with E-state index in [2.05, 4.69) is 63.6 Å². The molecule has 0 spiro atoms. The summed E-state index contributed by atoms with van der Waals surface area (Å²) in [5.41, 5.74) is 6.99. The highest BCUT2D eigenvalue weighted by atomic mass is 32.2. The Labute approximate surface area is 226 Å². The van der Waals surface area contributed by atoms with Gasteiger partial charge in [-0.3, -0.25) is 14.6 Å². The average Bonchev–Trinajstić information content (AvgIpc) is 2.92. The number of nitrogens with zero attached hydrogens (tertiary/aromatic N) is 3. The van der Waals surface area contributed by atoms with Gasteiger partial charge in [0, 0.05) is 64.5 Å². The highest BCUT2D eigenvalue weighted by Gasteiger charge is 2.23. The largest absolute Gasteiger partial charge is 0.348 e. The summed E-state index contributed by atoms with van der Waals surface area (Å²) in [6, 6.07) is 24.8. The molecule has 0 unspecified atom stereocenters. The van der Waals surface area contributed by atoms with Crippen LogP contribution >= 0.6 is 0 Å². The minimum atomic E-state index is -3.12. The topological polar surface area (TPSA) is 73.0 Å². The van der Waals surface area contributed by atoms with Crippen LogP contribution in [0.15, 0.2) is 72.8 Å². The maximum atomic E-state index is 12.8. The van der Waals surface area contributed by atoms with Crippen LogP contribution in [0.2, 0.25) is 0 Å². The Morgan fingerprint density at radius 3 is 2.18 bits per heavy atom. The molecule has 5 rings (SSSR count). The lowest BCUT2D eigenvalue weighted by molar-refractivity contribution is 0.0951. The summed E-state index contributed by atoms with van der Waals surface area (Å²) in [6.07, 6.45) is 2.35. The maximum absolute atomic E-state index is 12.8. The second kappa shape index (κ2) is 11.8. The van der Waals surface area contributed by atoms with E-state index in [1.165, 1.54) is 27.3 Å². The zero-order valence-corrected chi connectivity index (χ0v) is 22.8. The zero-order chi connectivity index (χ0) is 26.5. The number of carbonyl (C=O) groups excluding carboxylic acids is 1. The van der Waals surface area contributed by atoms with Gasteiger partial charge in [-0.1, -0.05) is 60.7 Å². The number of hydrogen-bond acceptors (Lipinski definition) is 5. The first-order valence-electron chi connectivity index (χ1n) is 13.2. The van der Waals surface area contributed by atoms with E-state index in [9.17, 15) is 13.2 Å². The van der Waals surface area contributed by atoms with Crippen molar-refractivity contribution in [3.8, 4) is 0 Å². The fourth-order valence-corrected chi connectivity index (χ4v) is 6.14. The van der Waals surface area contributed by atoms with Gasteiger partial charge in [-0.05, 0) is 46.4 Å². The Bertz CT molecular complexity index is 1370. The van der Waals surface area contributed by atoms with Crippen LogP contribution in [-0.2, 0) is 42.6 Å². The van der Waals surface area contributed by atoms with Crippen LogP contribution in [0.4, 0.5) is 0 Å². The Hall–Kier alpha value is -3.04. The van der Waals surface area contributed by atoms with Crippen LogP contribution in [-0.4, -0.2) is 67.4 Å². The molecule has 1 amide bonds. The van der Waals surface area contributed by atoms with Crippen LogP contribution in [0.25, 0.3) is 0 Å². The van der Waals surface area contributed by atoms with E-state index in [4.69, 9.17) is 0 Å². The molecule has 2 aliphatic heterocycles. The van der Waals surface area contributed by atoms with Crippen molar-refractivity contribution in [2.75, 3.05) is 39.0 Å². The van der Waals surface area contributed by atoms with Crippen molar-refractivity contribution in [1.29, 1.82) is 0 Å². The summed E-state index contributed by atoms with van der Waals surface area (Å²) in [5.74, 6) is -0.0867. The van der Waals surface area contributed by atoms with Crippen LogP contribution in [0, 0.1) is 0 Å². The maximum Gasteiger partial charge on any atom is 0.251 e. The van der Waals surface area contributed by atoms with E-state index in [-0.39, 0.29) is 5.91 Å². The first-order valence-corrected chi connectivity index (χ1v) is 15.1. The molecule has 3 aromatic rings. The number of rotatable bonds is 8. The lowest BCUT2D eigenvalue weighted by atomic mass is 9.99. The van der Waals surface area contributed by atoms with Gasteiger partial charge in [-0.15, -0.1) is 0 Å². The molecular weight excluding hydrogens is 496 g/mol. The summed E-state index contributed by atoms with van der Waals surface area (Å²) in [4.78, 5) is 17.5. The molecule has 0 atom stereocenters. The van der Waals surface area contributed by atoms with E-state index in [1.807, 2.05) is 24.3 Å². The van der Waals surface area contributed by atoms with Gasteiger partial charge in [-0.25, -0.2) is 8.42 Å². The molecule has 7 nitrogen and oxygen atoms in total. The molecule has 8 heteroatoms. The van der Waals surface area contributed by atoms with Gasteiger partial charge in [0.2, 0.25) is 10.0 Å². The predicted octanol–water partition coefficient (Wildman–Crippen LogP) is 3.25. The predicted molar refractivity (Wildman–Crippen MR) is 150 cm³/mol. The second-order valence-corrected chi connectivity index (χ2v) is 12.3. The second-order valence-electron chi connectivity index (χ2n) is 10.4. The summed E-state index contributed by atoms with van der Waals surface area (Å²) < 4.78 is 24.9. The number of amides is 1. The minimum absolute atomic E-state index is 0.0867. The third-order valence-electron chi connectivity index (χ3n) is 7.48. The molecule has 3 aromatic carbocycles. The number of fused-ring (bicyclic) bond motifs is 1. The Kier molecular flexibility index (Phi) is 8.24. The molecule has 1 N–H and O–H groups in total.